The minimum Gasteiger partial charge on any atom is -0.339 e. The van der Waals surface area contributed by atoms with Crippen LogP contribution in [0.25, 0.3) is 11.4 Å². The average molecular weight is 367 g/mol. The maximum Gasteiger partial charge on any atom is 0.227 e. The monoisotopic (exact) mass is 367 g/mol. The molecule has 0 bridgehead atoms. The van der Waals surface area contributed by atoms with Crippen LogP contribution in [0, 0.1) is 5.82 Å². The van der Waals surface area contributed by atoms with Crippen molar-refractivity contribution in [3.8, 4) is 11.4 Å². The number of nitrogens with one attached hydrogen (secondary N) is 1. The first-order valence-electron chi connectivity index (χ1n) is 9.11. The molecular formula is C21H22FN3O2. The van der Waals surface area contributed by atoms with Crippen LogP contribution in [-0.2, 0) is 17.6 Å². The number of hydrogen-bond donors (Lipinski definition) is 1. The highest BCUT2D eigenvalue weighted by molar-refractivity contribution is 5.90. The smallest absolute Gasteiger partial charge is 0.227 e. The number of hydrogen-bond acceptors (Lipinski definition) is 4. The van der Waals surface area contributed by atoms with E-state index in [1.165, 1.54) is 17.7 Å². The highest BCUT2D eigenvalue weighted by Gasteiger charge is 2.11. The predicted octanol–water partition coefficient (Wildman–Crippen LogP) is 4.79. The number of aryl methyl sites for hydroxylation is 2. The van der Waals surface area contributed by atoms with Gasteiger partial charge in [-0.3, -0.25) is 4.79 Å². The minimum absolute atomic E-state index is 0.113. The number of amides is 1. The second kappa shape index (κ2) is 9.07. The van der Waals surface area contributed by atoms with E-state index < -0.39 is 0 Å². The van der Waals surface area contributed by atoms with Gasteiger partial charge in [-0.25, -0.2) is 4.39 Å². The highest BCUT2D eigenvalue weighted by Crippen LogP contribution is 2.17. The standard InChI is InChI=1S/C21H22FN3O2/c1-2-3-4-15-5-11-18(12-6-15)23-19(26)13-14-20-24-21(25-27-20)16-7-9-17(22)10-8-16/h5-12H,2-4,13-14H2,1H3,(H,23,26). The fourth-order valence-corrected chi connectivity index (χ4v) is 2.65. The van der Waals surface area contributed by atoms with Gasteiger partial charge in [0.25, 0.3) is 0 Å². The van der Waals surface area contributed by atoms with Crippen molar-refractivity contribution in [3.63, 3.8) is 0 Å². The first-order valence-corrected chi connectivity index (χ1v) is 9.11. The van der Waals surface area contributed by atoms with Gasteiger partial charge in [-0.05, 0) is 54.8 Å². The topological polar surface area (TPSA) is 68.0 Å². The number of rotatable bonds is 8. The Morgan fingerprint density at radius 1 is 1.07 bits per heavy atom. The lowest BCUT2D eigenvalue weighted by Crippen LogP contribution is -2.12. The third-order valence-electron chi connectivity index (χ3n) is 4.19. The molecule has 6 heteroatoms. The first-order chi connectivity index (χ1) is 13.1. The van der Waals surface area contributed by atoms with E-state index in [1.54, 1.807) is 12.1 Å². The third-order valence-corrected chi connectivity index (χ3v) is 4.19. The molecule has 0 aliphatic carbocycles. The summed E-state index contributed by atoms with van der Waals surface area (Å²) >= 11 is 0. The maximum absolute atomic E-state index is 13.0. The summed E-state index contributed by atoms with van der Waals surface area (Å²) < 4.78 is 18.1. The fourth-order valence-electron chi connectivity index (χ4n) is 2.65. The van der Waals surface area contributed by atoms with Crippen LogP contribution in [0.15, 0.2) is 53.1 Å². The highest BCUT2D eigenvalue weighted by atomic mass is 19.1. The molecule has 0 saturated heterocycles. The molecule has 3 rings (SSSR count). The molecule has 2 aromatic carbocycles. The lowest BCUT2D eigenvalue weighted by molar-refractivity contribution is -0.116. The van der Waals surface area contributed by atoms with E-state index in [1.807, 2.05) is 24.3 Å². The van der Waals surface area contributed by atoms with Gasteiger partial charge in [-0.15, -0.1) is 0 Å². The number of carbonyl (C=O) groups excluding carboxylic acids is 1. The predicted molar refractivity (Wildman–Crippen MR) is 102 cm³/mol. The van der Waals surface area contributed by atoms with Crippen molar-refractivity contribution in [2.24, 2.45) is 0 Å². The molecule has 0 unspecified atom stereocenters. The van der Waals surface area contributed by atoms with E-state index in [0.29, 0.717) is 23.7 Å². The van der Waals surface area contributed by atoms with Gasteiger partial charge in [0.2, 0.25) is 17.6 Å². The number of anilines is 1. The second-order valence-corrected chi connectivity index (χ2v) is 6.37. The molecule has 0 saturated carbocycles. The second-order valence-electron chi connectivity index (χ2n) is 6.37. The molecule has 0 radical (unpaired) electrons. The summed E-state index contributed by atoms with van der Waals surface area (Å²) in [4.78, 5) is 16.4. The molecule has 27 heavy (non-hydrogen) atoms. The van der Waals surface area contributed by atoms with Gasteiger partial charge in [0.1, 0.15) is 5.82 Å². The Morgan fingerprint density at radius 2 is 1.81 bits per heavy atom. The maximum atomic E-state index is 13.0. The number of unbranched alkanes of at least 4 members (excludes halogenated alkanes) is 1. The molecule has 1 N–H and O–H groups in total. The van der Waals surface area contributed by atoms with E-state index >= 15 is 0 Å². The van der Waals surface area contributed by atoms with E-state index in [0.717, 1.165) is 24.9 Å². The Labute approximate surface area is 157 Å². The van der Waals surface area contributed by atoms with Gasteiger partial charge in [-0.1, -0.05) is 30.6 Å². The van der Waals surface area contributed by atoms with Crippen LogP contribution in [0.2, 0.25) is 0 Å². The Hall–Kier alpha value is -3.02. The molecule has 1 aromatic heterocycles. The lowest BCUT2D eigenvalue weighted by atomic mass is 10.1. The van der Waals surface area contributed by atoms with Gasteiger partial charge in [0, 0.05) is 24.1 Å². The van der Waals surface area contributed by atoms with Crippen LogP contribution in [0.1, 0.15) is 37.6 Å². The molecule has 0 fully saturated rings. The Balaban J connectivity index is 1.50. The number of halogens is 1. The van der Waals surface area contributed by atoms with Crippen molar-refractivity contribution in [2.75, 3.05) is 5.32 Å². The molecule has 0 aliphatic rings. The summed E-state index contributed by atoms with van der Waals surface area (Å²) in [6, 6.07) is 13.8. The molecular weight excluding hydrogens is 345 g/mol. The molecule has 0 aliphatic heterocycles. The van der Waals surface area contributed by atoms with Crippen LogP contribution in [0.3, 0.4) is 0 Å². The van der Waals surface area contributed by atoms with Crippen molar-refractivity contribution >= 4 is 11.6 Å². The van der Waals surface area contributed by atoms with Crippen LogP contribution >= 0.6 is 0 Å². The van der Waals surface area contributed by atoms with E-state index in [9.17, 15) is 9.18 Å². The first kappa shape index (κ1) is 18.8. The lowest BCUT2D eigenvalue weighted by Gasteiger charge is -2.06. The average Bonchev–Trinajstić information content (AvgIpc) is 3.15. The zero-order valence-corrected chi connectivity index (χ0v) is 15.2. The SMILES string of the molecule is CCCCc1ccc(NC(=O)CCc2nc(-c3ccc(F)cc3)no2)cc1. The third kappa shape index (κ3) is 5.48. The summed E-state index contributed by atoms with van der Waals surface area (Å²) in [7, 11) is 0. The fraction of sp³-hybridized carbons (Fsp3) is 0.286. The van der Waals surface area contributed by atoms with Gasteiger partial charge in [0.05, 0.1) is 0 Å². The molecule has 5 nitrogen and oxygen atoms in total. The largest absolute Gasteiger partial charge is 0.339 e. The van der Waals surface area contributed by atoms with Crippen LogP contribution in [0.5, 0.6) is 0 Å². The normalized spacial score (nSPS) is 10.7. The van der Waals surface area contributed by atoms with E-state index in [-0.39, 0.29) is 18.1 Å². The quantitative estimate of drug-likeness (QED) is 0.621. The minimum atomic E-state index is -0.322. The van der Waals surface area contributed by atoms with Gasteiger partial charge in [-0.2, -0.15) is 4.98 Å². The summed E-state index contributed by atoms with van der Waals surface area (Å²) in [5, 5.41) is 6.74. The summed E-state index contributed by atoms with van der Waals surface area (Å²) in [6.45, 7) is 2.17. The van der Waals surface area contributed by atoms with Crippen LogP contribution in [-0.4, -0.2) is 16.0 Å². The van der Waals surface area contributed by atoms with Crippen LogP contribution in [0.4, 0.5) is 10.1 Å². The number of benzene rings is 2. The molecule has 3 aromatic rings. The Morgan fingerprint density at radius 3 is 2.52 bits per heavy atom. The summed E-state index contributed by atoms with van der Waals surface area (Å²) in [5.41, 5.74) is 2.71. The molecule has 1 amide bonds. The summed E-state index contributed by atoms with van der Waals surface area (Å²) in [5.74, 6) is 0.322. The Bertz CT molecular complexity index is 873. The van der Waals surface area contributed by atoms with E-state index in [2.05, 4.69) is 22.4 Å². The zero-order chi connectivity index (χ0) is 19.1. The van der Waals surface area contributed by atoms with Crippen molar-refractivity contribution in [2.45, 2.75) is 39.0 Å². The van der Waals surface area contributed by atoms with Gasteiger partial charge in [0.15, 0.2) is 0 Å². The number of carbonyl (C=O) groups is 1. The molecule has 140 valence electrons. The number of aromatic nitrogens is 2. The van der Waals surface area contributed by atoms with Crippen molar-refractivity contribution in [1.29, 1.82) is 0 Å². The molecule has 0 atom stereocenters. The van der Waals surface area contributed by atoms with Crippen molar-refractivity contribution in [1.82, 2.24) is 10.1 Å². The Kier molecular flexibility index (Phi) is 6.30. The number of nitrogens with zero attached hydrogens (tertiary/aromatic N) is 2. The van der Waals surface area contributed by atoms with Gasteiger partial charge >= 0.3 is 0 Å². The van der Waals surface area contributed by atoms with Crippen molar-refractivity contribution in [3.05, 3.63) is 65.8 Å². The van der Waals surface area contributed by atoms with Crippen molar-refractivity contribution < 1.29 is 13.7 Å². The summed E-state index contributed by atoms with van der Waals surface area (Å²) in [6.07, 6.45) is 3.96. The van der Waals surface area contributed by atoms with Gasteiger partial charge < -0.3 is 9.84 Å². The molecule has 0 spiro atoms. The van der Waals surface area contributed by atoms with Crippen LogP contribution < -0.4 is 5.32 Å². The zero-order valence-electron chi connectivity index (χ0n) is 15.2. The van der Waals surface area contributed by atoms with E-state index in [4.69, 9.17) is 4.52 Å². The molecule has 1 heterocycles.